The van der Waals surface area contributed by atoms with Crippen LogP contribution in [-0.2, 0) is 4.79 Å². The number of hydrogen-bond donors (Lipinski definition) is 0. The average Bonchev–Trinajstić information content (AvgIpc) is 2.16. The van der Waals surface area contributed by atoms with Crippen molar-refractivity contribution in [2.24, 2.45) is 0 Å². The highest BCUT2D eigenvalue weighted by atomic mass is 16.1. The number of carbonyl (C=O) groups is 1. The van der Waals surface area contributed by atoms with Gasteiger partial charge in [-0.3, -0.25) is 0 Å². The normalized spacial score (nSPS) is 12.1. The lowest BCUT2D eigenvalue weighted by Crippen LogP contribution is -1.75. The number of aldehydes is 1. The van der Waals surface area contributed by atoms with E-state index in [1.165, 1.54) is 0 Å². The summed E-state index contributed by atoms with van der Waals surface area (Å²) in [4.78, 5) is 9.98. The maximum Gasteiger partial charge on any atom is 0.119 e. The van der Waals surface area contributed by atoms with Crippen LogP contribution in [0.2, 0.25) is 0 Å². The zero-order valence-electron chi connectivity index (χ0n) is 8.28. The van der Waals surface area contributed by atoms with Gasteiger partial charge in [0.1, 0.15) is 6.29 Å². The number of hydrogen-bond acceptors (Lipinski definition) is 1. The van der Waals surface area contributed by atoms with Gasteiger partial charge in [-0.2, -0.15) is 0 Å². The Morgan fingerprint density at radius 2 is 1.62 bits per heavy atom. The monoisotopic (exact) mass is 178 g/mol. The van der Waals surface area contributed by atoms with Gasteiger partial charge in [0, 0.05) is 6.42 Å². The van der Waals surface area contributed by atoms with E-state index in [4.69, 9.17) is 0 Å². The molecule has 0 aliphatic heterocycles. The Bertz CT molecular complexity index is 187. The molecule has 0 aliphatic rings. The molecular weight excluding hydrogens is 160 g/mol. The fraction of sp³-hybridized carbons (Fsp3) is 0.417. The van der Waals surface area contributed by atoms with Gasteiger partial charge in [-0.05, 0) is 26.2 Å². The molecule has 0 unspecified atom stereocenters. The Balaban J connectivity index is 3.26. The second-order valence-electron chi connectivity index (χ2n) is 2.79. The first-order valence-corrected chi connectivity index (χ1v) is 4.80. The quantitative estimate of drug-likeness (QED) is 0.331. The SMILES string of the molecule is C/C=C/C=C/C=C\CCCCC=O. The second-order valence-corrected chi connectivity index (χ2v) is 2.79. The summed E-state index contributed by atoms with van der Waals surface area (Å²) in [6.07, 6.45) is 17.0. The number of rotatable bonds is 7. The predicted octanol–water partition coefficient (Wildman–Crippen LogP) is 3.43. The molecule has 0 aromatic heterocycles. The standard InChI is InChI=1S/C12H18O/c1-2-3-4-5-6-7-8-9-10-11-12-13/h2-7,12H,8-11H2,1H3/b3-2+,5-4+,7-6-. The maximum absolute atomic E-state index is 9.98. The summed E-state index contributed by atoms with van der Waals surface area (Å²) >= 11 is 0. The molecule has 72 valence electrons. The van der Waals surface area contributed by atoms with E-state index in [0.29, 0.717) is 6.42 Å². The van der Waals surface area contributed by atoms with Crippen molar-refractivity contribution in [3.63, 3.8) is 0 Å². The van der Waals surface area contributed by atoms with E-state index >= 15 is 0 Å². The Labute approximate surface area is 80.8 Å². The molecular formula is C12H18O. The van der Waals surface area contributed by atoms with Crippen LogP contribution in [0.25, 0.3) is 0 Å². The zero-order valence-corrected chi connectivity index (χ0v) is 8.28. The van der Waals surface area contributed by atoms with Gasteiger partial charge in [0.15, 0.2) is 0 Å². The van der Waals surface area contributed by atoms with E-state index in [-0.39, 0.29) is 0 Å². The number of allylic oxidation sites excluding steroid dienone is 6. The van der Waals surface area contributed by atoms with Crippen LogP contribution in [0.3, 0.4) is 0 Å². The van der Waals surface area contributed by atoms with Gasteiger partial charge in [0.2, 0.25) is 0 Å². The van der Waals surface area contributed by atoms with Crippen molar-refractivity contribution in [3.8, 4) is 0 Å². The third kappa shape index (κ3) is 10.9. The van der Waals surface area contributed by atoms with Crippen LogP contribution >= 0.6 is 0 Å². The molecule has 0 bridgehead atoms. The van der Waals surface area contributed by atoms with Crippen molar-refractivity contribution >= 4 is 6.29 Å². The highest BCUT2D eigenvalue weighted by Gasteiger charge is 1.82. The van der Waals surface area contributed by atoms with Gasteiger partial charge in [0.05, 0.1) is 0 Å². The van der Waals surface area contributed by atoms with E-state index in [9.17, 15) is 4.79 Å². The van der Waals surface area contributed by atoms with Gasteiger partial charge in [-0.1, -0.05) is 36.5 Å². The van der Waals surface area contributed by atoms with Crippen molar-refractivity contribution in [1.82, 2.24) is 0 Å². The second kappa shape index (κ2) is 10.9. The molecule has 0 saturated carbocycles. The van der Waals surface area contributed by atoms with Crippen LogP contribution in [0.4, 0.5) is 0 Å². The van der Waals surface area contributed by atoms with Crippen LogP contribution in [0.15, 0.2) is 36.5 Å². The molecule has 1 heteroatoms. The molecule has 0 radical (unpaired) electrons. The first kappa shape index (κ1) is 11.9. The minimum absolute atomic E-state index is 0.697. The minimum Gasteiger partial charge on any atom is -0.303 e. The van der Waals surface area contributed by atoms with Crippen molar-refractivity contribution in [2.75, 3.05) is 0 Å². The predicted molar refractivity (Wildman–Crippen MR) is 57.6 cm³/mol. The van der Waals surface area contributed by atoms with E-state index in [1.54, 1.807) is 0 Å². The zero-order chi connectivity index (χ0) is 9.78. The van der Waals surface area contributed by atoms with Crippen LogP contribution < -0.4 is 0 Å². The van der Waals surface area contributed by atoms with E-state index in [0.717, 1.165) is 25.5 Å². The maximum atomic E-state index is 9.98. The molecule has 0 heterocycles. The van der Waals surface area contributed by atoms with Gasteiger partial charge < -0.3 is 4.79 Å². The summed E-state index contributed by atoms with van der Waals surface area (Å²) in [7, 11) is 0. The first-order chi connectivity index (χ1) is 6.41. The molecule has 0 atom stereocenters. The molecule has 0 aliphatic carbocycles. The number of unbranched alkanes of at least 4 members (excludes halogenated alkanes) is 3. The van der Waals surface area contributed by atoms with Gasteiger partial charge in [-0.15, -0.1) is 0 Å². The lowest BCUT2D eigenvalue weighted by atomic mass is 10.2. The van der Waals surface area contributed by atoms with E-state index < -0.39 is 0 Å². The lowest BCUT2D eigenvalue weighted by Gasteiger charge is -1.89. The molecule has 0 fully saturated rings. The molecule has 0 aromatic carbocycles. The summed E-state index contributed by atoms with van der Waals surface area (Å²) in [5, 5.41) is 0. The van der Waals surface area contributed by atoms with Crippen LogP contribution in [0, 0.1) is 0 Å². The van der Waals surface area contributed by atoms with Gasteiger partial charge in [0.25, 0.3) is 0 Å². The number of carbonyl (C=O) groups excluding carboxylic acids is 1. The van der Waals surface area contributed by atoms with E-state index in [1.807, 2.05) is 37.3 Å². The molecule has 13 heavy (non-hydrogen) atoms. The van der Waals surface area contributed by atoms with Crippen molar-refractivity contribution in [2.45, 2.75) is 32.6 Å². The van der Waals surface area contributed by atoms with Crippen LogP contribution in [0.5, 0.6) is 0 Å². The first-order valence-electron chi connectivity index (χ1n) is 4.80. The summed E-state index contributed by atoms with van der Waals surface area (Å²) in [5.74, 6) is 0. The van der Waals surface area contributed by atoms with Crippen molar-refractivity contribution < 1.29 is 4.79 Å². The third-order valence-electron chi connectivity index (χ3n) is 1.60. The fourth-order valence-corrected chi connectivity index (χ4v) is 0.904. The molecule has 0 amide bonds. The molecule has 0 N–H and O–H groups in total. The smallest absolute Gasteiger partial charge is 0.119 e. The molecule has 0 aromatic rings. The van der Waals surface area contributed by atoms with Gasteiger partial charge >= 0.3 is 0 Å². The van der Waals surface area contributed by atoms with E-state index in [2.05, 4.69) is 6.08 Å². The largest absolute Gasteiger partial charge is 0.303 e. The summed E-state index contributed by atoms with van der Waals surface area (Å²) in [6, 6.07) is 0. The Morgan fingerprint density at radius 1 is 0.923 bits per heavy atom. The molecule has 0 saturated heterocycles. The highest BCUT2D eigenvalue weighted by molar-refractivity contribution is 5.48. The Hall–Kier alpha value is -1.11. The molecule has 1 nitrogen and oxygen atoms in total. The van der Waals surface area contributed by atoms with Crippen LogP contribution in [0.1, 0.15) is 32.6 Å². The summed E-state index contributed by atoms with van der Waals surface area (Å²) < 4.78 is 0. The molecule has 0 spiro atoms. The third-order valence-corrected chi connectivity index (χ3v) is 1.60. The van der Waals surface area contributed by atoms with Crippen LogP contribution in [-0.4, -0.2) is 6.29 Å². The topological polar surface area (TPSA) is 17.1 Å². The summed E-state index contributed by atoms with van der Waals surface area (Å²) in [5.41, 5.74) is 0. The lowest BCUT2D eigenvalue weighted by molar-refractivity contribution is -0.107. The Morgan fingerprint density at radius 3 is 2.31 bits per heavy atom. The highest BCUT2D eigenvalue weighted by Crippen LogP contribution is 1.98. The fourth-order valence-electron chi connectivity index (χ4n) is 0.904. The van der Waals surface area contributed by atoms with Crippen molar-refractivity contribution in [3.05, 3.63) is 36.5 Å². The molecule has 0 rings (SSSR count). The minimum atomic E-state index is 0.697. The van der Waals surface area contributed by atoms with Crippen molar-refractivity contribution in [1.29, 1.82) is 0 Å². The average molecular weight is 178 g/mol. The Kier molecular flexibility index (Phi) is 9.96. The summed E-state index contributed by atoms with van der Waals surface area (Å²) in [6.45, 7) is 1.99. The van der Waals surface area contributed by atoms with Gasteiger partial charge in [-0.25, -0.2) is 0 Å².